The van der Waals surface area contributed by atoms with E-state index in [1.807, 2.05) is 6.92 Å². The Balaban J connectivity index is 1.42. The summed E-state index contributed by atoms with van der Waals surface area (Å²) in [5, 5.41) is 6.18. The van der Waals surface area contributed by atoms with Gasteiger partial charge in [0.2, 0.25) is 11.8 Å². The highest BCUT2D eigenvalue weighted by Gasteiger charge is 2.25. The molecule has 150 valence electrons. The highest BCUT2D eigenvalue weighted by atomic mass is 32.1. The maximum absolute atomic E-state index is 12.5. The first-order valence-electron chi connectivity index (χ1n) is 9.45. The number of aryl methyl sites for hydroxylation is 1. The molecular weight excluding hydrogens is 376 g/mol. The Hall–Kier alpha value is -2.45. The minimum absolute atomic E-state index is 0.0277. The number of hydrogen-bond acceptors (Lipinski definition) is 6. The van der Waals surface area contributed by atoms with Crippen LogP contribution >= 0.6 is 11.3 Å². The third-order valence-electron chi connectivity index (χ3n) is 4.75. The van der Waals surface area contributed by atoms with E-state index in [0.717, 1.165) is 48.9 Å². The van der Waals surface area contributed by atoms with Crippen LogP contribution in [0.5, 0.6) is 5.75 Å². The summed E-state index contributed by atoms with van der Waals surface area (Å²) in [6.45, 7) is 4.93. The average Bonchev–Trinajstić information content (AvgIpc) is 3.08. The lowest BCUT2D eigenvalue weighted by molar-refractivity contribution is -0.121. The fraction of sp³-hybridized carbons (Fsp3) is 0.450. The van der Waals surface area contributed by atoms with Gasteiger partial charge in [-0.05, 0) is 57.1 Å². The molecule has 2 aromatic rings. The van der Waals surface area contributed by atoms with E-state index in [-0.39, 0.29) is 24.9 Å². The van der Waals surface area contributed by atoms with E-state index in [0.29, 0.717) is 5.75 Å². The highest BCUT2D eigenvalue weighted by molar-refractivity contribution is 7.09. The van der Waals surface area contributed by atoms with Crippen LogP contribution in [0.25, 0.3) is 0 Å². The summed E-state index contributed by atoms with van der Waals surface area (Å²) < 4.78 is 5.43. The summed E-state index contributed by atoms with van der Waals surface area (Å²) in [7, 11) is 0. The number of nitrogens with one attached hydrogen (secondary N) is 1. The van der Waals surface area contributed by atoms with Gasteiger partial charge in [-0.1, -0.05) is 0 Å². The molecule has 8 heteroatoms. The number of thiazole rings is 1. The maximum atomic E-state index is 12.5. The monoisotopic (exact) mass is 402 g/mol. The Morgan fingerprint density at radius 3 is 2.61 bits per heavy atom. The van der Waals surface area contributed by atoms with Gasteiger partial charge in [0, 0.05) is 23.5 Å². The van der Waals surface area contributed by atoms with Gasteiger partial charge in [-0.2, -0.15) is 0 Å². The zero-order valence-corrected chi connectivity index (χ0v) is 16.8. The third-order valence-corrected chi connectivity index (χ3v) is 5.57. The van der Waals surface area contributed by atoms with Crippen molar-refractivity contribution in [1.29, 1.82) is 0 Å². The number of ether oxygens (including phenoxy) is 1. The minimum atomic E-state index is -0.392. The standard InChI is InChI=1S/C20H26N4O3S/c1-14-22-17(13-28-14)12-24-9-6-15(7-10-24)20(26)23-16-2-4-18(5-3-16)27-11-8-19(21)25/h2-5,13,15H,6-12H2,1H3,(H2,21,25)(H,23,26). The second-order valence-corrected chi connectivity index (χ2v) is 8.05. The maximum Gasteiger partial charge on any atom is 0.227 e. The number of piperidine rings is 1. The topological polar surface area (TPSA) is 97.6 Å². The normalized spacial score (nSPS) is 15.3. The molecule has 0 atom stereocenters. The van der Waals surface area contributed by atoms with Crippen LogP contribution in [0.15, 0.2) is 29.6 Å². The van der Waals surface area contributed by atoms with E-state index < -0.39 is 5.91 Å². The van der Waals surface area contributed by atoms with Gasteiger partial charge in [0.25, 0.3) is 0 Å². The molecule has 28 heavy (non-hydrogen) atoms. The van der Waals surface area contributed by atoms with Crippen LogP contribution in [-0.4, -0.2) is 41.4 Å². The van der Waals surface area contributed by atoms with Crippen molar-refractivity contribution in [3.63, 3.8) is 0 Å². The van der Waals surface area contributed by atoms with Crippen molar-refractivity contribution in [1.82, 2.24) is 9.88 Å². The molecule has 1 saturated heterocycles. The Morgan fingerprint density at radius 2 is 2.00 bits per heavy atom. The van der Waals surface area contributed by atoms with Crippen LogP contribution < -0.4 is 15.8 Å². The quantitative estimate of drug-likeness (QED) is 0.707. The van der Waals surface area contributed by atoms with Crippen LogP contribution in [0.4, 0.5) is 5.69 Å². The molecule has 1 fully saturated rings. The first-order chi connectivity index (χ1) is 13.5. The molecule has 0 bridgehead atoms. The van der Waals surface area contributed by atoms with Gasteiger partial charge < -0.3 is 15.8 Å². The predicted octanol–water partition coefficient (Wildman–Crippen LogP) is 2.56. The van der Waals surface area contributed by atoms with E-state index >= 15 is 0 Å². The number of benzene rings is 1. The van der Waals surface area contributed by atoms with Crippen molar-refractivity contribution in [3.8, 4) is 5.75 Å². The van der Waals surface area contributed by atoms with Crippen molar-refractivity contribution < 1.29 is 14.3 Å². The number of nitrogens with two attached hydrogens (primary N) is 1. The Kier molecular flexibility index (Phi) is 7.00. The van der Waals surface area contributed by atoms with Gasteiger partial charge >= 0.3 is 0 Å². The van der Waals surface area contributed by atoms with E-state index in [2.05, 4.69) is 20.6 Å². The number of carbonyl (C=O) groups is 2. The summed E-state index contributed by atoms with van der Waals surface area (Å²) in [5.74, 6) is 0.341. The minimum Gasteiger partial charge on any atom is -0.493 e. The van der Waals surface area contributed by atoms with Gasteiger partial charge in [-0.3, -0.25) is 14.5 Å². The molecule has 1 aliphatic rings. The van der Waals surface area contributed by atoms with Crippen LogP contribution in [-0.2, 0) is 16.1 Å². The van der Waals surface area contributed by atoms with Gasteiger partial charge in [-0.15, -0.1) is 11.3 Å². The molecular formula is C20H26N4O3S. The van der Waals surface area contributed by atoms with Crippen LogP contribution in [0, 0.1) is 12.8 Å². The van der Waals surface area contributed by atoms with E-state index in [1.54, 1.807) is 35.6 Å². The average molecular weight is 403 g/mol. The summed E-state index contributed by atoms with van der Waals surface area (Å²) in [6, 6.07) is 7.15. The lowest BCUT2D eigenvalue weighted by Gasteiger charge is -2.30. The number of anilines is 1. The molecule has 0 spiro atoms. The van der Waals surface area contributed by atoms with E-state index in [4.69, 9.17) is 10.5 Å². The molecule has 1 aromatic heterocycles. The smallest absolute Gasteiger partial charge is 0.227 e. The van der Waals surface area contributed by atoms with Gasteiger partial charge in [0.1, 0.15) is 5.75 Å². The molecule has 7 nitrogen and oxygen atoms in total. The van der Waals surface area contributed by atoms with Crippen molar-refractivity contribution in [2.75, 3.05) is 25.0 Å². The number of amides is 2. The fourth-order valence-electron chi connectivity index (χ4n) is 3.21. The molecule has 2 amide bonds. The number of primary amides is 1. The van der Waals surface area contributed by atoms with Crippen molar-refractivity contribution in [2.45, 2.75) is 32.7 Å². The molecule has 1 aliphatic heterocycles. The van der Waals surface area contributed by atoms with E-state index in [9.17, 15) is 9.59 Å². The summed E-state index contributed by atoms with van der Waals surface area (Å²) in [6.07, 6.45) is 1.88. The zero-order chi connectivity index (χ0) is 19.9. The number of nitrogens with zero attached hydrogens (tertiary/aromatic N) is 2. The lowest BCUT2D eigenvalue weighted by atomic mass is 9.95. The molecule has 0 saturated carbocycles. The summed E-state index contributed by atoms with van der Waals surface area (Å²) in [5.41, 5.74) is 6.94. The summed E-state index contributed by atoms with van der Waals surface area (Å²) in [4.78, 5) is 30.1. The number of carbonyl (C=O) groups excluding carboxylic acids is 2. The van der Waals surface area contributed by atoms with Crippen LogP contribution in [0.2, 0.25) is 0 Å². The van der Waals surface area contributed by atoms with Crippen molar-refractivity contribution in [3.05, 3.63) is 40.3 Å². The highest BCUT2D eigenvalue weighted by Crippen LogP contribution is 2.22. The van der Waals surface area contributed by atoms with Gasteiger partial charge in [0.15, 0.2) is 0 Å². The molecule has 0 unspecified atom stereocenters. The Bertz CT molecular complexity index is 798. The Morgan fingerprint density at radius 1 is 1.29 bits per heavy atom. The molecule has 3 N–H and O–H groups in total. The Labute approximate surface area is 168 Å². The number of hydrogen-bond donors (Lipinski definition) is 2. The van der Waals surface area contributed by atoms with Crippen molar-refractivity contribution >= 4 is 28.8 Å². The van der Waals surface area contributed by atoms with Crippen LogP contribution in [0.3, 0.4) is 0 Å². The first kappa shape index (κ1) is 20.3. The fourth-order valence-corrected chi connectivity index (χ4v) is 3.82. The zero-order valence-electron chi connectivity index (χ0n) is 16.0. The molecule has 0 aliphatic carbocycles. The number of aromatic nitrogens is 1. The summed E-state index contributed by atoms with van der Waals surface area (Å²) >= 11 is 1.67. The molecule has 1 aromatic carbocycles. The lowest BCUT2D eigenvalue weighted by Crippen LogP contribution is -2.37. The SMILES string of the molecule is Cc1nc(CN2CCC(C(=O)Nc3ccc(OCCC(N)=O)cc3)CC2)cs1. The number of likely N-dealkylation sites (tertiary alicyclic amines) is 1. The second-order valence-electron chi connectivity index (χ2n) is 6.99. The molecule has 0 radical (unpaired) electrons. The first-order valence-corrected chi connectivity index (χ1v) is 10.3. The van der Waals surface area contributed by atoms with Crippen molar-refractivity contribution in [2.24, 2.45) is 11.7 Å². The second kappa shape index (κ2) is 9.66. The van der Waals surface area contributed by atoms with Crippen LogP contribution in [0.1, 0.15) is 30.0 Å². The van der Waals surface area contributed by atoms with Gasteiger partial charge in [-0.25, -0.2) is 4.98 Å². The predicted molar refractivity (Wildman–Crippen MR) is 109 cm³/mol. The van der Waals surface area contributed by atoms with Gasteiger partial charge in [0.05, 0.1) is 23.7 Å². The molecule has 2 heterocycles. The number of rotatable bonds is 8. The third kappa shape index (κ3) is 6.03. The van der Waals surface area contributed by atoms with E-state index in [1.165, 1.54) is 0 Å². The molecule has 3 rings (SSSR count). The largest absolute Gasteiger partial charge is 0.493 e.